The van der Waals surface area contributed by atoms with Crippen LogP contribution < -0.4 is 21.5 Å². The van der Waals surface area contributed by atoms with Gasteiger partial charge in [0.05, 0.1) is 11.4 Å². The van der Waals surface area contributed by atoms with Gasteiger partial charge in [0, 0.05) is 5.92 Å². The number of amides is 3. The minimum atomic E-state index is -0.438. The van der Waals surface area contributed by atoms with Crippen molar-refractivity contribution in [2.24, 2.45) is 5.92 Å². The van der Waals surface area contributed by atoms with Gasteiger partial charge in [-0.15, -0.1) is 11.3 Å². The molecule has 24 heavy (non-hydrogen) atoms. The second kappa shape index (κ2) is 9.33. The van der Waals surface area contributed by atoms with Crippen molar-refractivity contribution in [3.05, 3.63) is 22.4 Å². The highest BCUT2D eigenvalue weighted by molar-refractivity contribution is 7.80. The van der Waals surface area contributed by atoms with Gasteiger partial charge in [0.1, 0.15) is 0 Å². The van der Waals surface area contributed by atoms with Crippen molar-refractivity contribution in [3.63, 3.8) is 0 Å². The molecule has 0 saturated heterocycles. The summed E-state index contributed by atoms with van der Waals surface area (Å²) >= 11 is 6.21. The number of hydrazine groups is 1. The van der Waals surface area contributed by atoms with E-state index in [1.165, 1.54) is 17.8 Å². The fraction of sp³-hybridized carbons (Fsp3) is 0.467. The van der Waals surface area contributed by atoms with Gasteiger partial charge in [-0.3, -0.25) is 30.6 Å². The highest BCUT2D eigenvalue weighted by Crippen LogP contribution is 2.23. The van der Waals surface area contributed by atoms with Crippen LogP contribution in [0.4, 0.5) is 0 Å². The lowest BCUT2D eigenvalue weighted by Gasteiger charge is -2.20. The zero-order valence-electron chi connectivity index (χ0n) is 13.1. The second-order valence-electron chi connectivity index (χ2n) is 5.49. The summed E-state index contributed by atoms with van der Waals surface area (Å²) in [6, 6.07) is 3.43. The lowest BCUT2D eigenvalue weighted by atomic mass is 9.89. The molecule has 3 amide bonds. The molecular formula is C15H20N4O3S2. The van der Waals surface area contributed by atoms with Crippen LogP contribution in [0, 0.1) is 5.92 Å². The third kappa shape index (κ3) is 5.89. The largest absolute Gasteiger partial charge is 0.347 e. The lowest BCUT2D eigenvalue weighted by Crippen LogP contribution is -2.51. The van der Waals surface area contributed by atoms with Gasteiger partial charge in [0.25, 0.3) is 11.8 Å². The Morgan fingerprint density at radius 1 is 1.17 bits per heavy atom. The minimum absolute atomic E-state index is 0.00525. The first kappa shape index (κ1) is 18.3. The van der Waals surface area contributed by atoms with Crippen molar-refractivity contribution in [3.8, 4) is 0 Å². The van der Waals surface area contributed by atoms with E-state index in [4.69, 9.17) is 12.2 Å². The molecule has 0 unspecified atom stereocenters. The zero-order chi connectivity index (χ0) is 17.4. The zero-order valence-corrected chi connectivity index (χ0v) is 14.7. The van der Waals surface area contributed by atoms with Crippen LogP contribution in [0.1, 0.15) is 41.8 Å². The average molecular weight is 368 g/mol. The number of thiophene rings is 1. The van der Waals surface area contributed by atoms with E-state index in [0.29, 0.717) is 4.88 Å². The van der Waals surface area contributed by atoms with Gasteiger partial charge in [-0.2, -0.15) is 0 Å². The number of thiocarbonyl (C=S) groups is 1. The van der Waals surface area contributed by atoms with Gasteiger partial charge in [-0.1, -0.05) is 25.3 Å². The summed E-state index contributed by atoms with van der Waals surface area (Å²) in [6.45, 7) is -0.135. The first-order chi connectivity index (χ1) is 11.6. The molecule has 1 aliphatic rings. The summed E-state index contributed by atoms with van der Waals surface area (Å²) in [6.07, 6.45) is 5.05. The fourth-order valence-corrected chi connectivity index (χ4v) is 3.21. The van der Waals surface area contributed by atoms with E-state index in [9.17, 15) is 14.4 Å². The summed E-state index contributed by atoms with van der Waals surface area (Å²) in [5.74, 6) is -0.863. The van der Waals surface area contributed by atoms with Crippen LogP contribution in [0.3, 0.4) is 0 Å². The highest BCUT2D eigenvalue weighted by Gasteiger charge is 2.21. The predicted octanol–water partition coefficient (Wildman–Crippen LogP) is 1.08. The molecule has 1 aliphatic carbocycles. The smallest absolute Gasteiger partial charge is 0.267 e. The van der Waals surface area contributed by atoms with Crippen LogP contribution in [-0.2, 0) is 9.59 Å². The Labute approximate surface area is 149 Å². The molecule has 7 nitrogen and oxygen atoms in total. The van der Waals surface area contributed by atoms with E-state index < -0.39 is 5.91 Å². The maximum Gasteiger partial charge on any atom is 0.267 e. The number of rotatable bonds is 4. The van der Waals surface area contributed by atoms with Crippen molar-refractivity contribution in [1.82, 2.24) is 21.5 Å². The molecule has 0 atom stereocenters. The molecule has 0 bridgehead atoms. The van der Waals surface area contributed by atoms with Crippen LogP contribution in [0.15, 0.2) is 17.5 Å². The Kier molecular flexibility index (Phi) is 7.13. The molecule has 1 fully saturated rings. The molecule has 0 aliphatic heterocycles. The topological polar surface area (TPSA) is 99.3 Å². The number of carbonyl (C=O) groups is 3. The molecule has 1 saturated carbocycles. The van der Waals surface area contributed by atoms with Crippen LogP contribution in [-0.4, -0.2) is 29.4 Å². The highest BCUT2D eigenvalue weighted by atomic mass is 32.1. The van der Waals surface area contributed by atoms with Gasteiger partial charge in [0.2, 0.25) is 5.91 Å². The summed E-state index contributed by atoms with van der Waals surface area (Å²) in [7, 11) is 0. The summed E-state index contributed by atoms with van der Waals surface area (Å²) in [5.41, 5.74) is 4.77. The minimum Gasteiger partial charge on any atom is -0.347 e. The van der Waals surface area contributed by atoms with Crippen LogP contribution >= 0.6 is 23.6 Å². The first-order valence-corrected chi connectivity index (χ1v) is 9.06. The van der Waals surface area contributed by atoms with E-state index in [1.54, 1.807) is 17.5 Å². The Hall–Kier alpha value is -2.00. The SMILES string of the molecule is O=C(CNC(=O)C1CCCCC1)NNC(=S)NC(=O)c1cccs1. The third-order valence-corrected chi connectivity index (χ3v) is 4.76. The molecule has 1 heterocycles. The quantitative estimate of drug-likeness (QED) is 0.471. The van der Waals surface area contributed by atoms with Gasteiger partial charge in [-0.25, -0.2) is 0 Å². The predicted molar refractivity (Wildman–Crippen MR) is 95.2 cm³/mol. The Bertz CT molecular complexity index is 598. The molecule has 4 N–H and O–H groups in total. The van der Waals surface area contributed by atoms with E-state index in [2.05, 4.69) is 21.5 Å². The molecule has 0 aromatic carbocycles. The van der Waals surface area contributed by atoms with Gasteiger partial charge in [-0.05, 0) is 36.5 Å². The number of hydrogen-bond acceptors (Lipinski definition) is 5. The van der Waals surface area contributed by atoms with E-state index in [-0.39, 0.29) is 29.4 Å². The Balaban J connectivity index is 1.62. The summed E-state index contributed by atoms with van der Waals surface area (Å²) in [4.78, 5) is 35.9. The fourth-order valence-electron chi connectivity index (χ4n) is 2.45. The maximum absolute atomic E-state index is 11.9. The van der Waals surface area contributed by atoms with E-state index >= 15 is 0 Å². The molecule has 1 aromatic rings. The Morgan fingerprint density at radius 3 is 2.58 bits per heavy atom. The van der Waals surface area contributed by atoms with Gasteiger partial charge in [0.15, 0.2) is 5.11 Å². The molecular weight excluding hydrogens is 348 g/mol. The molecule has 0 spiro atoms. The third-order valence-electron chi connectivity index (χ3n) is 3.69. The van der Waals surface area contributed by atoms with Crippen molar-refractivity contribution in [2.75, 3.05) is 6.54 Å². The van der Waals surface area contributed by atoms with E-state index in [0.717, 1.165) is 25.7 Å². The molecule has 1 aromatic heterocycles. The van der Waals surface area contributed by atoms with Crippen molar-refractivity contribution < 1.29 is 14.4 Å². The normalized spacial score (nSPS) is 14.5. The number of hydrogen-bond donors (Lipinski definition) is 4. The molecule has 0 radical (unpaired) electrons. The maximum atomic E-state index is 11.9. The van der Waals surface area contributed by atoms with Gasteiger partial charge < -0.3 is 5.32 Å². The van der Waals surface area contributed by atoms with Crippen LogP contribution in [0.5, 0.6) is 0 Å². The van der Waals surface area contributed by atoms with Crippen LogP contribution in [0.25, 0.3) is 0 Å². The van der Waals surface area contributed by atoms with Crippen molar-refractivity contribution >= 4 is 46.4 Å². The molecule has 130 valence electrons. The first-order valence-electron chi connectivity index (χ1n) is 7.77. The average Bonchev–Trinajstić information content (AvgIpc) is 3.13. The molecule has 9 heteroatoms. The lowest BCUT2D eigenvalue weighted by molar-refractivity contribution is -0.129. The number of carbonyl (C=O) groups excluding carboxylic acids is 3. The van der Waals surface area contributed by atoms with E-state index in [1.807, 2.05) is 0 Å². The molecule has 2 rings (SSSR count). The summed E-state index contributed by atoms with van der Waals surface area (Å²) in [5, 5.41) is 6.83. The summed E-state index contributed by atoms with van der Waals surface area (Å²) < 4.78 is 0. The second-order valence-corrected chi connectivity index (χ2v) is 6.84. The standard InChI is InChI=1S/C15H20N4O3S2/c20-12(9-16-13(21)10-5-2-1-3-6-10)18-19-15(23)17-14(22)11-7-4-8-24-11/h4,7-8,10H,1-3,5-6,9H2,(H,16,21)(H,18,20)(H2,17,19,22,23). The van der Waals surface area contributed by atoms with Crippen molar-refractivity contribution in [1.29, 1.82) is 0 Å². The Morgan fingerprint density at radius 2 is 1.92 bits per heavy atom. The van der Waals surface area contributed by atoms with Crippen LogP contribution in [0.2, 0.25) is 0 Å². The number of nitrogens with one attached hydrogen (secondary N) is 4. The monoisotopic (exact) mass is 368 g/mol. The van der Waals surface area contributed by atoms with Crippen molar-refractivity contribution in [2.45, 2.75) is 32.1 Å². The van der Waals surface area contributed by atoms with Gasteiger partial charge >= 0.3 is 0 Å².